The molecule has 0 saturated carbocycles. The van der Waals surface area contributed by atoms with E-state index in [1.165, 1.54) is 10.5 Å². The number of likely N-dealkylation sites (tertiary alicyclic amines) is 1. The Kier molecular flexibility index (Phi) is 5.79. The van der Waals surface area contributed by atoms with Gasteiger partial charge < -0.3 is 10.6 Å². The summed E-state index contributed by atoms with van der Waals surface area (Å²) in [4.78, 5) is 12.4. The number of nitrogens with two attached hydrogens (primary N) is 1. The molecule has 1 aromatic rings. The molecule has 1 fully saturated rings. The van der Waals surface area contributed by atoms with Crippen LogP contribution in [0.4, 0.5) is 0 Å². The van der Waals surface area contributed by atoms with Crippen LogP contribution in [-0.4, -0.2) is 41.8 Å². The maximum Gasteiger partial charge on any atom is 0.230 e. The molecule has 116 valence electrons. The standard InChI is InChI=1S/C15H21ClN2O2S/c1-18-7-6-14(11-2-4-13(16)5-3-11)12(8-18)9-21(20)10-15(17)19/h2-5,12,14H,6-10H2,1H3,(H2,17,19)/p+1/t12-,14-,21?/m1/s1. The molecular formula is C15H22ClN2O2S+. The van der Waals surface area contributed by atoms with Crippen molar-refractivity contribution in [2.24, 2.45) is 11.7 Å². The van der Waals surface area contributed by atoms with Gasteiger partial charge in [0.15, 0.2) is 0 Å². The monoisotopic (exact) mass is 329 g/mol. The highest BCUT2D eigenvalue weighted by Gasteiger charge is 2.32. The zero-order valence-electron chi connectivity index (χ0n) is 12.2. The fourth-order valence-electron chi connectivity index (χ4n) is 3.11. The van der Waals surface area contributed by atoms with E-state index in [-0.39, 0.29) is 5.75 Å². The number of nitrogens with one attached hydrogen (secondary N) is 1. The first kappa shape index (κ1) is 16.5. The second-order valence-corrected chi connectivity index (χ2v) is 7.77. The summed E-state index contributed by atoms with van der Waals surface area (Å²) in [5.41, 5.74) is 6.38. The largest absolute Gasteiger partial charge is 0.369 e. The first-order chi connectivity index (χ1) is 9.95. The molecule has 0 aromatic heterocycles. The molecule has 1 saturated heterocycles. The van der Waals surface area contributed by atoms with Crippen LogP contribution in [0, 0.1) is 5.92 Å². The van der Waals surface area contributed by atoms with E-state index in [0.29, 0.717) is 17.6 Å². The molecular weight excluding hydrogens is 308 g/mol. The van der Waals surface area contributed by atoms with Crippen LogP contribution in [0.2, 0.25) is 5.02 Å². The number of hydrogen-bond acceptors (Lipinski definition) is 2. The molecule has 1 aliphatic rings. The van der Waals surface area contributed by atoms with Crippen molar-refractivity contribution in [2.75, 3.05) is 31.6 Å². The summed E-state index contributed by atoms with van der Waals surface area (Å²) in [5.74, 6) is 0.687. The first-order valence-corrected chi connectivity index (χ1v) is 9.02. The van der Waals surface area contributed by atoms with Crippen molar-refractivity contribution in [1.82, 2.24) is 0 Å². The molecule has 4 nitrogen and oxygen atoms in total. The van der Waals surface area contributed by atoms with Crippen LogP contribution in [0.15, 0.2) is 24.3 Å². The number of quaternary nitrogens is 1. The third-order valence-corrected chi connectivity index (χ3v) is 5.72. The Hall–Kier alpha value is -0.910. The second-order valence-electron chi connectivity index (χ2n) is 5.84. The Bertz CT molecular complexity index is 521. The molecule has 0 aliphatic carbocycles. The number of primary amides is 1. The molecule has 6 heteroatoms. The van der Waals surface area contributed by atoms with E-state index in [2.05, 4.69) is 19.2 Å². The van der Waals surface area contributed by atoms with Gasteiger partial charge in [0.2, 0.25) is 5.91 Å². The number of benzene rings is 1. The van der Waals surface area contributed by atoms with Crippen LogP contribution < -0.4 is 10.6 Å². The number of piperidine rings is 1. The van der Waals surface area contributed by atoms with Crippen LogP contribution in [0.1, 0.15) is 17.9 Å². The van der Waals surface area contributed by atoms with Gasteiger partial charge in [-0.15, -0.1) is 0 Å². The zero-order chi connectivity index (χ0) is 15.4. The van der Waals surface area contributed by atoms with Gasteiger partial charge in [0, 0.05) is 33.9 Å². The lowest BCUT2D eigenvalue weighted by Crippen LogP contribution is -3.11. The van der Waals surface area contributed by atoms with E-state index in [4.69, 9.17) is 17.3 Å². The summed E-state index contributed by atoms with van der Waals surface area (Å²) in [6.07, 6.45) is 1.06. The Morgan fingerprint density at radius 3 is 2.71 bits per heavy atom. The molecule has 0 spiro atoms. The lowest BCUT2D eigenvalue weighted by atomic mass is 9.81. The van der Waals surface area contributed by atoms with E-state index >= 15 is 0 Å². The van der Waals surface area contributed by atoms with Gasteiger partial charge in [0.05, 0.1) is 20.1 Å². The van der Waals surface area contributed by atoms with Crippen LogP contribution >= 0.6 is 11.6 Å². The highest BCUT2D eigenvalue weighted by Crippen LogP contribution is 2.30. The minimum absolute atomic E-state index is 0.0388. The first-order valence-electron chi connectivity index (χ1n) is 7.15. The summed E-state index contributed by atoms with van der Waals surface area (Å²) >= 11 is 5.95. The third kappa shape index (κ3) is 4.80. The molecule has 2 unspecified atom stereocenters. The number of carbonyl (C=O) groups is 1. The average Bonchev–Trinajstić information content (AvgIpc) is 2.39. The van der Waals surface area contributed by atoms with Gasteiger partial charge in [-0.3, -0.25) is 9.00 Å². The minimum Gasteiger partial charge on any atom is -0.369 e. The van der Waals surface area contributed by atoms with Crippen molar-refractivity contribution in [3.05, 3.63) is 34.9 Å². The number of hydrogen-bond donors (Lipinski definition) is 2. The van der Waals surface area contributed by atoms with Crippen LogP contribution in [-0.2, 0) is 15.6 Å². The van der Waals surface area contributed by atoms with E-state index < -0.39 is 16.7 Å². The van der Waals surface area contributed by atoms with Gasteiger partial charge in [-0.25, -0.2) is 0 Å². The molecule has 0 bridgehead atoms. The Labute approximate surface area is 133 Å². The van der Waals surface area contributed by atoms with E-state index in [0.717, 1.165) is 24.5 Å². The maximum atomic E-state index is 12.0. The average molecular weight is 330 g/mol. The zero-order valence-corrected chi connectivity index (χ0v) is 13.8. The number of carbonyl (C=O) groups excluding carboxylic acids is 1. The maximum absolute atomic E-state index is 12.0. The second kappa shape index (κ2) is 7.38. The van der Waals surface area contributed by atoms with Gasteiger partial charge in [-0.2, -0.15) is 0 Å². The number of rotatable bonds is 5. The van der Waals surface area contributed by atoms with E-state index in [9.17, 15) is 9.00 Å². The normalized spacial score (nSPS) is 27.2. The molecule has 4 atom stereocenters. The summed E-state index contributed by atoms with van der Waals surface area (Å²) in [6, 6.07) is 7.91. The smallest absolute Gasteiger partial charge is 0.230 e. The SMILES string of the molecule is C[NH+]1CC[C@H](c2ccc(Cl)cc2)[C@@H](CS(=O)CC(N)=O)C1. The van der Waals surface area contributed by atoms with Crippen LogP contribution in [0.5, 0.6) is 0 Å². The van der Waals surface area contributed by atoms with Crippen molar-refractivity contribution in [3.8, 4) is 0 Å². The lowest BCUT2D eigenvalue weighted by Gasteiger charge is -2.34. The van der Waals surface area contributed by atoms with Crippen molar-refractivity contribution >= 4 is 28.3 Å². The Morgan fingerprint density at radius 1 is 1.43 bits per heavy atom. The quantitative estimate of drug-likeness (QED) is 0.810. The summed E-state index contributed by atoms with van der Waals surface area (Å²) in [7, 11) is 0.979. The van der Waals surface area contributed by atoms with Crippen molar-refractivity contribution in [1.29, 1.82) is 0 Å². The van der Waals surface area contributed by atoms with E-state index in [1.54, 1.807) is 0 Å². The molecule has 1 aliphatic heterocycles. The summed E-state index contributed by atoms with van der Waals surface area (Å²) in [5, 5.41) is 0.728. The molecule has 21 heavy (non-hydrogen) atoms. The predicted molar refractivity (Wildman–Crippen MR) is 86.0 cm³/mol. The Morgan fingerprint density at radius 2 is 2.10 bits per heavy atom. The van der Waals surface area contributed by atoms with Crippen LogP contribution in [0.25, 0.3) is 0 Å². The van der Waals surface area contributed by atoms with E-state index in [1.807, 2.05) is 12.1 Å². The molecule has 0 radical (unpaired) electrons. The lowest BCUT2D eigenvalue weighted by molar-refractivity contribution is -0.888. The number of amides is 1. The van der Waals surface area contributed by atoms with Crippen molar-refractivity contribution < 1.29 is 13.9 Å². The molecule has 3 N–H and O–H groups in total. The van der Waals surface area contributed by atoms with Crippen LogP contribution in [0.3, 0.4) is 0 Å². The topological polar surface area (TPSA) is 64.6 Å². The highest BCUT2D eigenvalue weighted by molar-refractivity contribution is 7.85. The Balaban J connectivity index is 2.11. The molecule has 1 aromatic carbocycles. The predicted octanol–water partition coefficient (Wildman–Crippen LogP) is 0.192. The van der Waals surface area contributed by atoms with Gasteiger partial charge >= 0.3 is 0 Å². The van der Waals surface area contributed by atoms with Crippen molar-refractivity contribution in [3.63, 3.8) is 0 Å². The minimum atomic E-state index is -1.18. The fraction of sp³-hybridized carbons (Fsp3) is 0.533. The number of halogens is 1. The van der Waals surface area contributed by atoms with Gasteiger partial charge in [0.25, 0.3) is 0 Å². The van der Waals surface area contributed by atoms with Gasteiger partial charge in [0.1, 0.15) is 5.75 Å². The molecule has 1 heterocycles. The summed E-state index contributed by atoms with van der Waals surface area (Å²) in [6.45, 7) is 2.07. The van der Waals surface area contributed by atoms with Gasteiger partial charge in [-0.1, -0.05) is 23.7 Å². The van der Waals surface area contributed by atoms with Gasteiger partial charge in [-0.05, 0) is 23.6 Å². The fourth-order valence-corrected chi connectivity index (χ4v) is 4.50. The highest BCUT2D eigenvalue weighted by atomic mass is 35.5. The third-order valence-electron chi connectivity index (χ3n) is 4.06. The molecule has 2 rings (SSSR count). The van der Waals surface area contributed by atoms with Crippen molar-refractivity contribution in [2.45, 2.75) is 12.3 Å². The molecule has 1 amide bonds. The summed E-state index contributed by atoms with van der Waals surface area (Å²) < 4.78 is 12.0.